The van der Waals surface area contributed by atoms with Crippen LogP contribution in [0.3, 0.4) is 0 Å². The van der Waals surface area contributed by atoms with Crippen molar-refractivity contribution in [2.45, 2.75) is 6.00 Å². The summed E-state index contributed by atoms with van der Waals surface area (Å²) in [4.78, 5) is 0. The van der Waals surface area contributed by atoms with Crippen molar-refractivity contribution in [3.8, 4) is 0 Å². The zero-order chi connectivity index (χ0) is 13.6. The van der Waals surface area contributed by atoms with Gasteiger partial charge in [0.25, 0.3) is 0 Å². The van der Waals surface area contributed by atoms with Gasteiger partial charge < -0.3 is 29.6 Å². The van der Waals surface area contributed by atoms with E-state index in [1.54, 1.807) is 0 Å². The van der Waals surface area contributed by atoms with Gasteiger partial charge in [-0.15, -0.1) is 0 Å². The average Bonchev–Trinajstić information content (AvgIpc) is 2.41. The lowest BCUT2D eigenvalue weighted by molar-refractivity contribution is 0.0227. The Labute approximate surface area is 116 Å². The lowest BCUT2D eigenvalue weighted by Gasteiger charge is -2.15. The maximum Gasteiger partial charge on any atom is 0.142 e. The van der Waals surface area contributed by atoms with Gasteiger partial charge in [-0.3, -0.25) is 0 Å². The molecule has 0 radical (unpaired) electrons. The largest absolute Gasteiger partial charge is 0.384 e. The first-order valence-corrected chi connectivity index (χ1v) is 7.16. The highest BCUT2D eigenvalue weighted by Crippen LogP contribution is 1.88. The SMILES string of the molecule is BC1COCCNCCOCCOCCNCCO1. The molecular formula is C12H27BN2O4. The molecular weight excluding hydrogens is 247 g/mol. The van der Waals surface area contributed by atoms with Crippen LogP contribution in [-0.4, -0.2) is 86.3 Å². The van der Waals surface area contributed by atoms with Crippen molar-refractivity contribution < 1.29 is 18.9 Å². The Kier molecular flexibility index (Phi) is 11.4. The molecule has 0 spiro atoms. The molecule has 1 heterocycles. The molecule has 1 atom stereocenters. The van der Waals surface area contributed by atoms with Crippen molar-refractivity contribution in [3.05, 3.63) is 0 Å². The normalized spacial score (nSPS) is 27.3. The molecule has 0 aliphatic carbocycles. The van der Waals surface area contributed by atoms with Crippen molar-refractivity contribution in [1.82, 2.24) is 10.6 Å². The summed E-state index contributed by atoms with van der Waals surface area (Å²) < 4.78 is 22.0. The second-order valence-electron chi connectivity index (χ2n) is 4.48. The molecule has 1 aliphatic heterocycles. The van der Waals surface area contributed by atoms with E-state index in [1.807, 2.05) is 7.85 Å². The van der Waals surface area contributed by atoms with E-state index in [0.29, 0.717) is 46.2 Å². The molecule has 7 heteroatoms. The fourth-order valence-electron chi connectivity index (χ4n) is 1.63. The van der Waals surface area contributed by atoms with Gasteiger partial charge in [-0.25, -0.2) is 0 Å². The molecule has 112 valence electrons. The van der Waals surface area contributed by atoms with Crippen LogP contribution in [0.25, 0.3) is 0 Å². The fourth-order valence-corrected chi connectivity index (χ4v) is 1.63. The minimum Gasteiger partial charge on any atom is -0.384 e. The highest BCUT2D eigenvalue weighted by molar-refractivity contribution is 6.11. The van der Waals surface area contributed by atoms with Crippen molar-refractivity contribution in [1.29, 1.82) is 0 Å². The molecule has 0 aromatic heterocycles. The van der Waals surface area contributed by atoms with Gasteiger partial charge in [-0.1, -0.05) is 0 Å². The van der Waals surface area contributed by atoms with E-state index in [-0.39, 0.29) is 6.00 Å². The topological polar surface area (TPSA) is 61.0 Å². The lowest BCUT2D eigenvalue weighted by atomic mass is 10.0. The monoisotopic (exact) mass is 274 g/mol. The summed E-state index contributed by atoms with van der Waals surface area (Å²) in [5.41, 5.74) is 0. The molecule has 0 saturated carbocycles. The first-order valence-electron chi connectivity index (χ1n) is 7.16. The van der Waals surface area contributed by atoms with E-state index in [1.165, 1.54) is 0 Å². The summed E-state index contributed by atoms with van der Waals surface area (Å²) in [7, 11) is 2.03. The number of hydrogen-bond donors (Lipinski definition) is 2. The highest BCUT2D eigenvalue weighted by atomic mass is 16.5. The van der Waals surface area contributed by atoms with E-state index in [0.717, 1.165) is 26.2 Å². The van der Waals surface area contributed by atoms with Crippen LogP contribution in [-0.2, 0) is 18.9 Å². The Morgan fingerprint density at radius 3 is 1.84 bits per heavy atom. The van der Waals surface area contributed by atoms with Crippen LogP contribution in [0.15, 0.2) is 0 Å². The summed E-state index contributed by atoms with van der Waals surface area (Å²) >= 11 is 0. The molecule has 19 heavy (non-hydrogen) atoms. The third-order valence-corrected chi connectivity index (χ3v) is 2.68. The van der Waals surface area contributed by atoms with Gasteiger partial charge in [-0.05, 0) is 0 Å². The van der Waals surface area contributed by atoms with Crippen LogP contribution in [0, 0.1) is 0 Å². The van der Waals surface area contributed by atoms with Gasteiger partial charge in [0.05, 0.1) is 46.2 Å². The first-order chi connectivity index (χ1) is 9.39. The summed E-state index contributed by atoms with van der Waals surface area (Å²) in [6, 6.07) is 0.139. The standard InChI is InChI=1S/C12H27BN2O4/c13-12-11-18-7-3-14-1-5-16-9-10-17-6-2-15-4-8-19-12/h12,14-15H,1-11,13H2. The Morgan fingerprint density at radius 1 is 0.684 bits per heavy atom. The summed E-state index contributed by atoms with van der Waals surface area (Å²) in [5.74, 6) is 0. The fraction of sp³-hybridized carbons (Fsp3) is 1.00. The van der Waals surface area contributed by atoms with Crippen molar-refractivity contribution in [3.63, 3.8) is 0 Å². The number of hydrogen-bond acceptors (Lipinski definition) is 6. The van der Waals surface area contributed by atoms with E-state index >= 15 is 0 Å². The summed E-state index contributed by atoms with van der Waals surface area (Å²) in [6.45, 7) is 8.13. The van der Waals surface area contributed by atoms with Crippen LogP contribution in [0.5, 0.6) is 0 Å². The van der Waals surface area contributed by atoms with Gasteiger partial charge in [0.2, 0.25) is 0 Å². The molecule has 0 aromatic rings. The van der Waals surface area contributed by atoms with Gasteiger partial charge in [0.15, 0.2) is 0 Å². The molecule has 1 unspecified atom stereocenters. The van der Waals surface area contributed by atoms with E-state index in [9.17, 15) is 0 Å². The number of nitrogens with one attached hydrogen (secondary N) is 2. The Hall–Kier alpha value is -0.175. The Morgan fingerprint density at radius 2 is 1.21 bits per heavy atom. The zero-order valence-corrected chi connectivity index (χ0v) is 12.0. The Balaban J connectivity index is 2.08. The smallest absolute Gasteiger partial charge is 0.142 e. The second kappa shape index (κ2) is 12.8. The quantitative estimate of drug-likeness (QED) is 0.509. The Bertz CT molecular complexity index is 183. The second-order valence-corrected chi connectivity index (χ2v) is 4.48. The van der Waals surface area contributed by atoms with Crippen molar-refractivity contribution >= 4 is 7.85 Å². The van der Waals surface area contributed by atoms with Gasteiger partial charge in [-0.2, -0.15) is 0 Å². The summed E-state index contributed by atoms with van der Waals surface area (Å²) in [6.07, 6.45) is 0. The molecule has 6 nitrogen and oxygen atoms in total. The maximum absolute atomic E-state index is 5.62. The molecule has 0 aromatic carbocycles. The van der Waals surface area contributed by atoms with Crippen LogP contribution in [0.2, 0.25) is 0 Å². The third-order valence-electron chi connectivity index (χ3n) is 2.68. The van der Waals surface area contributed by atoms with E-state index in [4.69, 9.17) is 18.9 Å². The van der Waals surface area contributed by atoms with E-state index < -0.39 is 0 Å². The molecule has 1 fully saturated rings. The minimum absolute atomic E-state index is 0.139. The minimum atomic E-state index is 0.139. The van der Waals surface area contributed by atoms with E-state index in [2.05, 4.69) is 10.6 Å². The molecule has 1 aliphatic rings. The molecule has 0 bridgehead atoms. The molecule has 1 saturated heterocycles. The average molecular weight is 274 g/mol. The number of rotatable bonds is 0. The van der Waals surface area contributed by atoms with Crippen molar-refractivity contribution in [2.75, 3.05) is 72.4 Å². The summed E-state index contributed by atoms with van der Waals surface area (Å²) in [5, 5.41) is 6.53. The third kappa shape index (κ3) is 11.4. The number of ether oxygens (including phenoxy) is 4. The van der Waals surface area contributed by atoms with Crippen molar-refractivity contribution in [2.24, 2.45) is 0 Å². The predicted octanol–water partition coefficient (Wildman–Crippen LogP) is -1.80. The van der Waals surface area contributed by atoms with Gasteiger partial charge in [0.1, 0.15) is 7.85 Å². The van der Waals surface area contributed by atoms with Crippen LogP contribution < -0.4 is 10.6 Å². The van der Waals surface area contributed by atoms with Crippen LogP contribution in [0.1, 0.15) is 0 Å². The van der Waals surface area contributed by atoms with Crippen LogP contribution in [0.4, 0.5) is 0 Å². The van der Waals surface area contributed by atoms with Gasteiger partial charge in [0, 0.05) is 32.2 Å². The first kappa shape index (κ1) is 16.9. The zero-order valence-electron chi connectivity index (χ0n) is 12.0. The van der Waals surface area contributed by atoms with Gasteiger partial charge >= 0.3 is 0 Å². The van der Waals surface area contributed by atoms with Crippen LogP contribution >= 0.6 is 0 Å². The molecule has 0 amide bonds. The lowest BCUT2D eigenvalue weighted by Crippen LogP contribution is -2.30. The molecule has 1 rings (SSSR count). The highest BCUT2D eigenvalue weighted by Gasteiger charge is 2.02. The molecule has 2 N–H and O–H groups in total. The maximum atomic E-state index is 5.62. The predicted molar refractivity (Wildman–Crippen MR) is 76.5 cm³/mol.